The van der Waals surface area contributed by atoms with E-state index >= 15 is 0 Å². The van der Waals surface area contributed by atoms with Crippen molar-refractivity contribution in [3.05, 3.63) is 76.3 Å². The number of hydrogen-bond acceptors (Lipinski definition) is 2. The molecule has 0 radical (unpaired) electrons. The predicted molar refractivity (Wildman–Crippen MR) is 79.9 cm³/mol. The molecule has 1 unspecified atom stereocenters. The molecule has 2 aromatic carbocycles. The van der Waals surface area contributed by atoms with Crippen LogP contribution < -0.4 is 0 Å². The summed E-state index contributed by atoms with van der Waals surface area (Å²) in [7, 11) is 0. The Morgan fingerprint density at radius 1 is 1.10 bits per heavy atom. The number of nitrogens with zero attached hydrogens (tertiary/aromatic N) is 1. The standard InChI is InChI=1S/C16H11BrFNO/c17-14-7-10(5-6-15(14)18)16(20)13-9-19-8-11-3-1-2-4-12(11)13/h1-9,16,20H. The lowest BCUT2D eigenvalue weighted by Gasteiger charge is -2.14. The van der Waals surface area contributed by atoms with Gasteiger partial charge in [0.1, 0.15) is 11.9 Å². The normalized spacial score (nSPS) is 12.6. The highest BCUT2D eigenvalue weighted by Gasteiger charge is 2.15. The Morgan fingerprint density at radius 2 is 1.90 bits per heavy atom. The van der Waals surface area contributed by atoms with Crippen LogP contribution >= 0.6 is 15.9 Å². The Morgan fingerprint density at radius 3 is 2.70 bits per heavy atom. The Bertz CT molecular complexity index is 770. The SMILES string of the molecule is OC(c1ccc(F)c(Br)c1)c1cncc2ccccc12. The van der Waals surface area contributed by atoms with Gasteiger partial charge in [0.2, 0.25) is 0 Å². The first kappa shape index (κ1) is 13.2. The van der Waals surface area contributed by atoms with Gasteiger partial charge in [-0.15, -0.1) is 0 Å². The summed E-state index contributed by atoms with van der Waals surface area (Å²) in [6, 6.07) is 12.2. The van der Waals surface area contributed by atoms with Crippen LogP contribution in [0.3, 0.4) is 0 Å². The number of halogens is 2. The minimum Gasteiger partial charge on any atom is -0.384 e. The Balaban J connectivity index is 2.12. The van der Waals surface area contributed by atoms with E-state index in [1.807, 2.05) is 24.3 Å². The van der Waals surface area contributed by atoms with Crippen LogP contribution in [-0.2, 0) is 0 Å². The molecule has 20 heavy (non-hydrogen) atoms. The summed E-state index contributed by atoms with van der Waals surface area (Å²) in [4.78, 5) is 4.15. The van der Waals surface area contributed by atoms with E-state index in [0.717, 1.165) is 10.8 Å². The van der Waals surface area contributed by atoms with Crippen molar-refractivity contribution in [2.75, 3.05) is 0 Å². The molecule has 3 aromatic rings. The van der Waals surface area contributed by atoms with Crippen molar-refractivity contribution in [1.82, 2.24) is 4.98 Å². The molecule has 100 valence electrons. The van der Waals surface area contributed by atoms with Crippen LogP contribution in [0.1, 0.15) is 17.2 Å². The van der Waals surface area contributed by atoms with E-state index in [1.54, 1.807) is 24.5 Å². The molecule has 3 rings (SSSR count). The van der Waals surface area contributed by atoms with Crippen LogP contribution in [0.25, 0.3) is 10.8 Å². The fraction of sp³-hybridized carbons (Fsp3) is 0.0625. The number of aliphatic hydroxyl groups excluding tert-OH is 1. The van der Waals surface area contributed by atoms with E-state index in [4.69, 9.17) is 0 Å². The molecule has 0 bridgehead atoms. The van der Waals surface area contributed by atoms with E-state index in [9.17, 15) is 9.50 Å². The third-order valence-electron chi connectivity index (χ3n) is 3.25. The van der Waals surface area contributed by atoms with Gasteiger partial charge < -0.3 is 5.11 Å². The second-order valence-electron chi connectivity index (χ2n) is 4.53. The van der Waals surface area contributed by atoms with Crippen molar-refractivity contribution >= 4 is 26.7 Å². The van der Waals surface area contributed by atoms with Gasteiger partial charge in [-0.05, 0) is 39.0 Å². The molecule has 4 heteroatoms. The number of fused-ring (bicyclic) bond motifs is 1. The van der Waals surface area contributed by atoms with E-state index in [-0.39, 0.29) is 5.82 Å². The van der Waals surface area contributed by atoms with Crippen molar-refractivity contribution < 1.29 is 9.50 Å². The summed E-state index contributed by atoms with van der Waals surface area (Å²) in [5.41, 5.74) is 1.33. The Labute approximate surface area is 124 Å². The maximum absolute atomic E-state index is 13.3. The van der Waals surface area contributed by atoms with Gasteiger partial charge >= 0.3 is 0 Å². The monoisotopic (exact) mass is 331 g/mol. The summed E-state index contributed by atoms with van der Waals surface area (Å²) >= 11 is 3.13. The summed E-state index contributed by atoms with van der Waals surface area (Å²) in [5.74, 6) is -0.350. The van der Waals surface area contributed by atoms with Gasteiger partial charge in [0.05, 0.1) is 4.47 Å². The Kier molecular flexibility index (Phi) is 3.51. The second kappa shape index (κ2) is 5.31. The second-order valence-corrected chi connectivity index (χ2v) is 5.38. The zero-order valence-electron chi connectivity index (χ0n) is 10.4. The molecule has 0 spiro atoms. The van der Waals surface area contributed by atoms with Crippen molar-refractivity contribution in [1.29, 1.82) is 0 Å². The predicted octanol–water partition coefficient (Wildman–Crippen LogP) is 4.22. The van der Waals surface area contributed by atoms with Gasteiger partial charge in [-0.25, -0.2) is 4.39 Å². The molecule has 1 heterocycles. The third kappa shape index (κ3) is 2.32. The smallest absolute Gasteiger partial charge is 0.137 e. The molecule has 1 atom stereocenters. The average Bonchev–Trinajstić information content (AvgIpc) is 2.49. The molecule has 0 saturated heterocycles. The van der Waals surface area contributed by atoms with Crippen molar-refractivity contribution in [2.24, 2.45) is 0 Å². The number of aromatic nitrogens is 1. The summed E-state index contributed by atoms with van der Waals surface area (Å²) in [5, 5.41) is 12.4. The quantitative estimate of drug-likeness (QED) is 0.762. The number of pyridine rings is 1. The maximum Gasteiger partial charge on any atom is 0.137 e. The van der Waals surface area contributed by atoms with Gasteiger partial charge in [-0.2, -0.15) is 0 Å². The highest BCUT2D eigenvalue weighted by Crippen LogP contribution is 2.30. The van der Waals surface area contributed by atoms with Crippen molar-refractivity contribution in [2.45, 2.75) is 6.10 Å². The summed E-state index contributed by atoms with van der Waals surface area (Å²) in [6.45, 7) is 0. The zero-order chi connectivity index (χ0) is 14.1. The van der Waals surface area contributed by atoms with Crippen molar-refractivity contribution in [3.8, 4) is 0 Å². The minimum atomic E-state index is -0.842. The number of hydrogen-bond donors (Lipinski definition) is 1. The highest BCUT2D eigenvalue weighted by atomic mass is 79.9. The first-order chi connectivity index (χ1) is 9.66. The minimum absolute atomic E-state index is 0.335. The molecule has 0 aliphatic heterocycles. The zero-order valence-corrected chi connectivity index (χ0v) is 12.0. The Hall–Kier alpha value is -1.78. The van der Waals surface area contributed by atoms with Gasteiger partial charge in [-0.1, -0.05) is 30.3 Å². The highest BCUT2D eigenvalue weighted by molar-refractivity contribution is 9.10. The number of rotatable bonds is 2. The van der Waals surface area contributed by atoms with Gasteiger partial charge in [0, 0.05) is 23.3 Å². The lowest BCUT2D eigenvalue weighted by atomic mass is 9.98. The molecule has 2 nitrogen and oxygen atoms in total. The first-order valence-electron chi connectivity index (χ1n) is 6.12. The van der Waals surface area contributed by atoms with Crippen molar-refractivity contribution in [3.63, 3.8) is 0 Å². The molecule has 0 aliphatic carbocycles. The topological polar surface area (TPSA) is 33.1 Å². The van der Waals surface area contributed by atoms with Gasteiger partial charge in [-0.3, -0.25) is 4.98 Å². The molecule has 0 saturated carbocycles. The number of aliphatic hydroxyl groups is 1. The fourth-order valence-corrected chi connectivity index (χ4v) is 2.62. The van der Waals surface area contributed by atoms with Gasteiger partial charge in [0.15, 0.2) is 0 Å². The molecular formula is C16H11BrFNO. The van der Waals surface area contributed by atoms with Crippen LogP contribution in [0.2, 0.25) is 0 Å². The van der Waals surface area contributed by atoms with E-state index in [2.05, 4.69) is 20.9 Å². The molecule has 1 aromatic heterocycles. The van der Waals surface area contributed by atoms with Crippen LogP contribution in [0, 0.1) is 5.82 Å². The summed E-state index contributed by atoms with van der Waals surface area (Å²) < 4.78 is 13.6. The lowest BCUT2D eigenvalue weighted by Crippen LogP contribution is -2.01. The number of benzene rings is 2. The third-order valence-corrected chi connectivity index (χ3v) is 3.86. The molecule has 0 fully saturated rings. The first-order valence-corrected chi connectivity index (χ1v) is 6.92. The largest absolute Gasteiger partial charge is 0.384 e. The maximum atomic E-state index is 13.3. The lowest BCUT2D eigenvalue weighted by molar-refractivity contribution is 0.221. The van der Waals surface area contributed by atoms with Crippen LogP contribution in [0.5, 0.6) is 0 Å². The molecule has 1 N–H and O–H groups in total. The molecule has 0 aliphatic rings. The molecule has 0 amide bonds. The van der Waals surface area contributed by atoms with E-state index in [0.29, 0.717) is 15.6 Å². The van der Waals surface area contributed by atoms with Crippen LogP contribution in [0.4, 0.5) is 4.39 Å². The van der Waals surface area contributed by atoms with Crippen LogP contribution in [0.15, 0.2) is 59.3 Å². The average molecular weight is 332 g/mol. The fourth-order valence-electron chi connectivity index (χ4n) is 2.22. The summed E-state index contributed by atoms with van der Waals surface area (Å²) in [6.07, 6.45) is 2.56. The van der Waals surface area contributed by atoms with E-state index < -0.39 is 6.10 Å². The van der Waals surface area contributed by atoms with Gasteiger partial charge in [0.25, 0.3) is 0 Å². The van der Waals surface area contributed by atoms with Crippen LogP contribution in [-0.4, -0.2) is 10.1 Å². The molecular weight excluding hydrogens is 321 g/mol. The van der Waals surface area contributed by atoms with E-state index in [1.165, 1.54) is 6.07 Å².